The van der Waals surface area contributed by atoms with Gasteiger partial charge in [0.05, 0.1) is 0 Å². The van der Waals surface area contributed by atoms with E-state index in [2.05, 4.69) is 5.32 Å². The smallest absolute Gasteiger partial charge is 0.254 e. The van der Waals surface area contributed by atoms with Crippen LogP contribution >= 0.6 is 0 Å². The van der Waals surface area contributed by atoms with Crippen molar-refractivity contribution in [1.82, 2.24) is 10.2 Å². The van der Waals surface area contributed by atoms with Crippen LogP contribution in [-0.4, -0.2) is 41.6 Å². The minimum atomic E-state index is -0.456. The fourth-order valence-electron chi connectivity index (χ4n) is 3.69. The third-order valence-electron chi connectivity index (χ3n) is 4.95. The quantitative estimate of drug-likeness (QED) is 0.782. The lowest BCUT2D eigenvalue weighted by Crippen LogP contribution is -2.56. The number of rotatable bonds is 2. The monoisotopic (exact) mass is 334 g/mol. The van der Waals surface area contributed by atoms with Crippen molar-refractivity contribution in [2.45, 2.75) is 19.4 Å². The maximum absolute atomic E-state index is 12.9. The molecule has 0 spiro atoms. The predicted molar refractivity (Wildman–Crippen MR) is 93.4 cm³/mol. The molecule has 1 atom stereocenters. The van der Waals surface area contributed by atoms with Gasteiger partial charge in [-0.2, -0.15) is 0 Å². The number of carbonyl (C=O) groups excluding carboxylic acids is 3. The van der Waals surface area contributed by atoms with Gasteiger partial charge in [-0.1, -0.05) is 37.3 Å². The zero-order chi connectivity index (χ0) is 17.6. The van der Waals surface area contributed by atoms with Crippen molar-refractivity contribution in [2.75, 3.05) is 13.1 Å². The van der Waals surface area contributed by atoms with Crippen LogP contribution in [0, 0.1) is 0 Å². The van der Waals surface area contributed by atoms with Crippen LogP contribution in [0.3, 0.4) is 0 Å². The highest BCUT2D eigenvalue weighted by molar-refractivity contribution is 6.22. The Labute approximate surface area is 145 Å². The Morgan fingerprint density at radius 2 is 1.80 bits per heavy atom. The van der Waals surface area contributed by atoms with Crippen LogP contribution in [0.4, 0.5) is 0 Å². The Morgan fingerprint density at radius 1 is 1.08 bits per heavy atom. The van der Waals surface area contributed by atoms with Crippen molar-refractivity contribution >= 4 is 17.6 Å². The Hall–Kier alpha value is -2.95. The van der Waals surface area contributed by atoms with Crippen molar-refractivity contribution in [3.05, 3.63) is 59.2 Å². The van der Waals surface area contributed by atoms with Crippen LogP contribution in [0.25, 0.3) is 11.1 Å². The van der Waals surface area contributed by atoms with Crippen molar-refractivity contribution in [2.24, 2.45) is 0 Å². The molecule has 126 valence electrons. The van der Waals surface area contributed by atoms with Gasteiger partial charge in [0.1, 0.15) is 6.04 Å². The molecule has 1 heterocycles. The van der Waals surface area contributed by atoms with Crippen LogP contribution in [0.1, 0.15) is 39.6 Å². The van der Waals surface area contributed by atoms with E-state index in [-0.39, 0.29) is 17.6 Å². The summed E-state index contributed by atoms with van der Waals surface area (Å²) in [6, 6.07) is 12.3. The van der Waals surface area contributed by atoms with Gasteiger partial charge < -0.3 is 10.2 Å². The Balaban J connectivity index is 1.70. The van der Waals surface area contributed by atoms with Crippen LogP contribution < -0.4 is 5.32 Å². The number of amides is 2. The van der Waals surface area contributed by atoms with Gasteiger partial charge in [-0.05, 0) is 29.7 Å². The van der Waals surface area contributed by atoms with E-state index in [0.717, 1.165) is 11.1 Å². The minimum Gasteiger partial charge on any atom is -0.353 e. The second kappa shape index (κ2) is 5.84. The molecule has 1 fully saturated rings. The zero-order valence-electron chi connectivity index (χ0n) is 13.9. The molecular weight excluding hydrogens is 316 g/mol. The van der Waals surface area contributed by atoms with E-state index < -0.39 is 6.04 Å². The molecule has 1 aliphatic heterocycles. The number of carbonyl (C=O) groups is 3. The molecule has 0 aromatic heterocycles. The summed E-state index contributed by atoms with van der Waals surface area (Å²) in [6.07, 6.45) is 0.562. The van der Waals surface area contributed by atoms with Gasteiger partial charge >= 0.3 is 0 Å². The van der Waals surface area contributed by atoms with Crippen LogP contribution in [0.5, 0.6) is 0 Å². The molecule has 1 aliphatic carbocycles. The summed E-state index contributed by atoms with van der Waals surface area (Å²) in [5.74, 6) is -0.372. The molecular formula is C20H18N2O3. The molecule has 0 radical (unpaired) electrons. The summed E-state index contributed by atoms with van der Waals surface area (Å²) in [6.45, 7) is 2.82. The molecule has 5 heteroatoms. The molecule has 5 nitrogen and oxygen atoms in total. The van der Waals surface area contributed by atoms with Crippen LogP contribution in [0.15, 0.2) is 42.5 Å². The first-order valence-electron chi connectivity index (χ1n) is 8.48. The van der Waals surface area contributed by atoms with Gasteiger partial charge in [-0.3, -0.25) is 14.4 Å². The maximum atomic E-state index is 12.9. The van der Waals surface area contributed by atoms with Gasteiger partial charge in [0.25, 0.3) is 5.91 Å². The lowest BCUT2D eigenvalue weighted by Gasteiger charge is -2.34. The molecule has 4 rings (SSSR count). The number of ketones is 1. The van der Waals surface area contributed by atoms with Gasteiger partial charge in [0.15, 0.2) is 5.78 Å². The Bertz CT molecular complexity index is 904. The first-order chi connectivity index (χ1) is 12.1. The molecule has 0 saturated carbocycles. The third kappa shape index (κ3) is 2.35. The van der Waals surface area contributed by atoms with Crippen LogP contribution in [-0.2, 0) is 4.79 Å². The first-order valence-corrected chi connectivity index (χ1v) is 8.48. The fourth-order valence-corrected chi connectivity index (χ4v) is 3.69. The van der Waals surface area contributed by atoms with E-state index in [0.29, 0.717) is 36.2 Å². The topological polar surface area (TPSA) is 66.5 Å². The molecule has 1 unspecified atom stereocenters. The standard InChI is InChI=1S/C20H18N2O3/c1-2-17-19(24)21-9-10-22(17)20(25)12-7-8-14-13-5-3-4-6-15(13)18(23)16(14)11-12/h3-8,11,17H,2,9-10H2,1H3,(H,21,24). The molecule has 25 heavy (non-hydrogen) atoms. The molecule has 2 aromatic carbocycles. The van der Waals surface area contributed by atoms with E-state index in [9.17, 15) is 14.4 Å². The summed E-state index contributed by atoms with van der Waals surface area (Å²) in [5, 5.41) is 2.79. The second-order valence-corrected chi connectivity index (χ2v) is 6.35. The average molecular weight is 334 g/mol. The summed E-state index contributed by atoms with van der Waals surface area (Å²) < 4.78 is 0. The zero-order valence-corrected chi connectivity index (χ0v) is 13.9. The Kier molecular flexibility index (Phi) is 3.64. The number of nitrogens with one attached hydrogen (secondary N) is 1. The summed E-state index contributed by atoms with van der Waals surface area (Å²) in [7, 11) is 0. The SMILES string of the molecule is CCC1C(=O)NCCN1C(=O)c1ccc2c(c1)C(=O)c1ccccc1-2. The van der Waals surface area contributed by atoms with E-state index in [1.54, 1.807) is 23.1 Å². The molecule has 2 aliphatic rings. The fraction of sp³-hybridized carbons (Fsp3) is 0.250. The predicted octanol–water partition coefficient (Wildman–Crippen LogP) is 2.25. The number of nitrogens with zero attached hydrogens (tertiary/aromatic N) is 1. The largest absolute Gasteiger partial charge is 0.353 e. The van der Waals surface area contributed by atoms with E-state index in [4.69, 9.17) is 0 Å². The number of hydrogen-bond acceptors (Lipinski definition) is 3. The van der Waals surface area contributed by atoms with Crippen molar-refractivity contribution in [3.8, 4) is 11.1 Å². The number of hydrogen-bond donors (Lipinski definition) is 1. The molecule has 2 aromatic rings. The summed E-state index contributed by atoms with van der Waals surface area (Å²) >= 11 is 0. The summed E-state index contributed by atoms with van der Waals surface area (Å²) in [4.78, 5) is 39.2. The first kappa shape index (κ1) is 15.6. The molecule has 1 saturated heterocycles. The number of piperazine rings is 1. The maximum Gasteiger partial charge on any atom is 0.254 e. The van der Waals surface area contributed by atoms with Crippen molar-refractivity contribution in [1.29, 1.82) is 0 Å². The number of benzene rings is 2. The van der Waals surface area contributed by atoms with Gasteiger partial charge in [0, 0.05) is 29.8 Å². The lowest BCUT2D eigenvalue weighted by atomic mass is 10.0. The highest BCUT2D eigenvalue weighted by Gasteiger charge is 2.33. The van der Waals surface area contributed by atoms with Crippen molar-refractivity contribution < 1.29 is 14.4 Å². The second-order valence-electron chi connectivity index (χ2n) is 6.35. The highest BCUT2D eigenvalue weighted by atomic mass is 16.2. The van der Waals surface area contributed by atoms with Gasteiger partial charge in [0.2, 0.25) is 5.91 Å². The molecule has 0 bridgehead atoms. The normalized spacial score (nSPS) is 18.6. The van der Waals surface area contributed by atoms with Crippen molar-refractivity contribution in [3.63, 3.8) is 0 Å². The average Bonchev–Trinajstić information content (AvgIpc) is 2.93. The lowest BCUT2D eigenvalue weighted by molar-refractivity contribution is -0.127. The minimum absolute atomic E-state index is 0.0521. The third-order valence-corrected chi connectivity index (χ3v) is 4.95. The van der Waals surface area contributed by atoms with E-state index in [1.807, 2.05) is 31.2 Å². The molecule has 1 N–H and O–H groups in total. The molecule has 2 amide bonds. The van der Waals surface area contributed by atoms with Gasteiger partial charge in [-0.15, -0.1) is 0 Å². The number of fused-ring (bicyclic) bond motifs is 3. The van der Waals surface area contributed by atoms with Crippen LogP contribution in [0.2, 0.25) is 0 Å². The highest BCUT2D eigenvalue weighted by Crippen LogP contribution is 2.36. The Morgan fingerprint density at radius 3 is 2.56 bits per heavy atom. The van der Waals surface area contributed by atoms with E-state index >= 15 is 0 Å². The van der Waals surface area contributed by atoms with Gasteiger partial charge in [-0.25, -0.2) is 0 Å². The summed E-state index contributed by atoms with van der Waals surface area (Å²) in [5.41, 5.74) is 3.45. The van der Waals surface area contributed by atoms with E-state index in [1.165, 1.54) is 0 Å².